The predicted octanol–water partition coefficient (Wildman–Crippen LogP) is 0.757. The molecule has 2 aliphatic rings. The summed E-state index contributed by atoms with van der Waals surface area (Å²) in [5.41, 5.74) is 0. The zero-order valence-electron chi connectivity index (χ0n) is 14.2. The summed E-state index contributed by atoms with van der Waals surface area (Å²) in [5, 5.41) is 0. The molecule has 2 saturated heterocycles. The number of anilines is 2. The molecule has 0 radical (unpaired) electrons. The lowest BCUT2D eigenvalue weighted by Gasteiger charge is -2.23. The highest BCUT2D eigenvalue weighted by atomic mass is 15.3. The minimum Gasteiger partial charge on any atom is -0.355 e. The Morgan fingerprint density at radius 2 is 1.32 bits per heavy atom. The second kappa shape index (κ2) is 6.38. The van der Waals surface area contributed by atoms with Crippen LogP contribution in [0.1, 0.15) is 12.8 Å². The molecule has 0 saturated carbocycles. The third-order valence-corrected chi connectivity index (χ3v) is 5.07. The highest BCUT2D eigenvalue weighted by molar-refractivity contribution is 5.51. The lowest BCUT2D eigenvalue weighted by Crippen LogP contribution is -2.32. The summed E-state index contributed by atoms with van der Waals surface area (Å²) in [5.74, 6) is 2.14. The minimum absolute atomic E-state index is 0.628. The largest absolute Gasteiger partial charge is 0.355 e. The molecule has 0 N–H and O–H groups in total. The van der Waals surface area contributed by atoms with Gasteiger partial charge >= 0.3 is 0 Å². The Morgan fingerprint density at radius 3 is 1.68 bits per heavy atom. The number of hydrogen-bond donors (Lipinski definition) is 0. The topological polar surface area (TPSA) is 38.7 Å². The van der Waals surface area contributed by atoms with E-state index in [4.69, 9.17) is 0 Å². The van der Waals surface area contributed by atoms with Crippen molar-refractivity contribution in [2.45, 2.75) is 24.9 Å². The number of hydrogen-bond acceptors (Lipinski definition) is 6. The number of likely N-dealkylation sites (N-methyl/N-ethyl adjacent to an activating group) is 2. The molecule has 1 aromatic rings. The second-order valence-electron chi connectivity index (χ2n) is 6.94. The van der Waals surface area contributed by atoms with Crippen LogP contribution in [0.5, 0.6) is 0 Å². The molecule has 22 heavy (non-hydrogen) atoms. The van der Waals surface area contributed by atoms with Gasteiger partial charge in [-0.15, -0.1) is 0 Å². The van der Waals surface area contributed by atoms with Gasteiger partial charge in [0.05, 0.1) is 0 Å². The van der Waals surface area contributed by atoms with E-state index in [0.29, 0.717) is 12.1 Å². The molecule has 2 atom stereocenters. The van der Waals surface area contributed by atoms with Crippen molar-refractivity contribution in [1.29, 1.82) is 0 Å². The van der Waals surface area contributed by atoms with Crippen molar-refractivity contribution in [3.8, 4) is 0 Å². The molecule has 6 nitrogen and oxygen atoms in total. The molecule has 0 spiro atoms. The molecule has 122 valence electrons. The second-order valence-corrected chi connectivity index (χ2v) is 6.94. The fraction of sp³-hybridized carbons (Fsp3) is 0.750. The lowest BCUT2D eigenvalue weighted by atomic mass is 10.2. The lowest BCUT2D eigenvalue weighted by molar-refractivity contribution is 0.315. The summed E-state index contributed by atoms with van der Waals surface area (Å²) in [6.45, 7) is 4.28. The zero-order valence-corrected chi connectivity index (χ0v) is 14.2. The first-order chi connectivity index (χ1) is 10.5. The van der Waals surface area contributed by atoms with Crippen molar-refractivity contribution in [1.82, 2.24) is 19.8 Å². The first kappa shape index (κ1) is 15.5. The Morgan fingerprint density at radius 1 is 0.864 bits per heavy atom. The summed E-state index contributed by atoms with van der Waals surface area (Å²) in [4.78, 5) is 18.4. The van der Waals surface area contributed by atoms with Gasteiger partial charge in [0.15, 0.2) is 0 Å². The first-order valence-electron chi connectivity index (χ1n) is 8.19. The third-order valence-electron chi connectivity index (χ3n) is 5.07. The van der Waals surface area contributed by atoms with Gasteiger partial charge in [-0.2, -0.15) is 0 Å². The van der Waals surface area contributed by atoms with Gasteiger partial charge in [0, 0.05) is 44.3 Å². The first-order valence-corrected chi connectivity index (χ1v) is 8.19. The molecule has 3 heterocycles. The molecule has 3 rings (SSSR count). The van der Waals surface area contributed by atoms with Gasteiger partial charge in [-0.1, -0.05) is 0 Å². The Hall–Kier alpha value is -1.40. The van der Waals surface area contributed by atoms with Crippen LogP contribution in [-0.2, 0) is 0 Å². The summed E-state index contributed by atoms with van der Waals surface area (Å²) < 4.78 is 0. The average molecular weight is 304 g/mol. The van der Waals surface area contributed by atoms with Crippen LogP contribution in [0.2, 0.25) is 0 Å². The van der Waals surface area contributed by atoms with Crippen molar-refractivity contribution in [3.63, 3.8) is 0 Å². The van der Waals surface area contributed by atoms with Crippen LogP contribution >= 0.6 is 0 Å². The quantitative estimate of drug-likeness (QED) is 0.818. The van der Waals surface area contributed by atoms with Crippen molar-refractivity contribution < 1.29 is 0 Å². The van der Waals surface area contributed by atoms with E-state index in [1.807, 2.05) is 0 Å². The van der Waals surface area contributed by atoms with Gasteiger partial charge in [0.2, 0.25) is 0 Å². The maximum Gasteiger partial charge on any atom is 0.134 e. The van der Waals surface area contributed by atoms with Crippen LogP contribution in [0.15, 0.2) is 12.4 Å². The van der Waals surface area contributed by atoms with Gasteiger partial charge < -0.3 is 19.6 Å². The molecule has 2 fully saturated rings. The van der Waals surface area contributed by atoms with Crippen LogP contribution in [0.4, 0.5) is 11.6 Å². The minimum atomic E-state index is 0.628. The van der Waals surface area contributed by atoms with E-state index < -0.39 is 0 Å². The molecule has 0 aliphatic carbocycles. The van der Waals surface area contributed by atoms with Gasteiger partial charge in [-0.05, 0) is 41.0 Å². The van der Waals surface area contributed by atoms with Gasteiger partial charge in [0.25, 0.3) is 0 Å². The molecule has 0 bridgehead atoms. The molecule has 0 amide bonds. The molecule has 2 aliphatic heterocycles. The summed E-state index contributed by atoms with van der Waals surface area (Å²) in [6.07, 6.45) is 4.13. The van der Waals surface area contributed by atoms with E-state index in [9.17, 15) is 0 Å². The fourth-order valence-corrected chi connectivity index (χ4v) is 3.43. The molecular weight excluding hydrogens is 276 g/mol. The number of aromatic nitrogens is 2. The molecule has 6 heteroatoms. The monoisotopic (exact) mass is 304 g/mol. The smallest absolute Gasteiger partial charge is 0.134 e. The maximum absolute atomic E-state index is 4.50. The van der Waals surface area contributed by atoms with Gasteiger partial charge in [-0.25, -0.2) is 9.97 Å². The predicted molar refractivity (Wildman–Crippen MR) is 90.6 cm³/mol. The standard InChI is InChI=1S/C16H28N6/c1-19(2)13-5-7-21(10-13)15-9-16(18-12-17-15)22-8-6-14(11-22)20(3)4/h9,12-14H,5-8,10-11H2,1-4H3/t13-,14+. The number of rotatable bonds is 4. The fourth-order valence-electron chi connectivity index (χ4n) is 3.43. The van der Waals surface area contributed by atoms with Crippen LogP contribution in [-0.4, -0.2) is 86.2 Å². The van der Waals surface area contributed by atoms with E-state index in [1.165, 1.54) is 12.8 Å². The average Bonchev–Trinajstić information content (AvgIpc) is 3.17. The highest BCUT2D eigenvalue weighted by Crippen LogP contribution is 2.25. The summed E-state index contributed by atoms with van der Waals surface area (Å²) >= 11 is 0. The maximum atomic E-state index is 4.50. The Kier molecular flexibility index (Phi) is 4.49. The van der Waals surface area contributed by atoms with E-state index >= 15 is 0 Å². The normalized spacial score (nSPS) is 25.7. The Balaban J connectivity index is 1.69. The zero-order chi connectivity index (χ0) is 15.7. The van der Waals surface area contributed by atoms with Gasteiger partial charge in [0.1, 0.15) is 18.0 Å². The Bertz CT molecular complexity index is 462. The number of nitrogens with zero attached hydrogens (tertiary/aromatic N) is 6. The van der Waals surface area contributed by atoms with Crippen molar-refractivity contribution >= 4 is 11.6 Å². The summed E-state index contributed by atoms with van der Waals surface area (Å²) in [6, 6.07) is 3.42. The van der Waals surface area contributed by atoms with E-state index in [-0.39, 0.29) is 0 Å². The van der Waals surface area contributed by atoms with Crippen LogP contribution in [0.25, 0.3) is 0 Å². The Labute approximate surface area is 133 Å². The van der Waals surface area contributed by atoms with Crippen molar-refractivity contribution in [2.75, 3.05) is 64.2 Å². The third kappa shape index (κ3) is 3.17. The van der Waals surface area contributed by atoms with Crippen molar-refractivity contribution in [2.24, 2.45) is 0 Å². The molecule has 1 aromatic heterocycles. The molecule has 0 aromatic carbocycles. The van der Waals surface area contributed by atoms with E-state index in [1.54, 1.807) is 6.33 Å². The van der Waals surface area contributed by atoms with Gasteiger partial charge in [-0.3, -0.25) is 0 Å². The van der Waals surface area contributed by atoms with E-state index in [2.05, 4.69) is 63.8 Å². The van der Waals surface area contributed by atoms with Crippen LogP contribution in [0, 0.1) is 0 Å². The molecule has 0 unspecified atom stereocenters. The molecular formula is C16H28N6. The van der Waals surface area contributed by atoms with Crippen LogP contribution < -0.4 is 9.80 Å². The van der Waals surface area contributed by atoms with Crippen LogP contribution in [0.3, 0.4) is 0 Å². The SMILES string of the molecule is CN(C)[C@@H]1CCN(c2cc(N3CC[C@H](N(C)C)C3)ncn2)C1. The van der Waals surface area contributed by atoms with Crippen molar-refractivity contribution in [3.05, 3.63) is 12.4 Å². The highest BCUT2D eigenvalue weighted by Gasteiger charge is 2.27. The summed E-state index contributed by atoms with van der Waals surface area (Å²) in [7, 11) is 8.63. The van der Waals surface area contributed by atoms with E-state index in [0.717, 1.165) is 37.8 Å².